The van der Waals surface area contributed by atoms with Crippen LogP contribution in [-0.4, -0.2) is 20.9 Å². The molecule has 140 valence electrons. The lowest BCUT2D eigenvalue weighted by molar-refractivity contribution is -0.120. The predicted octanol–water partition coefficient (Wildman–Crippen LogP) is 2.72. The second-order valence-corrected chi connectivity index (χ2v) is 8.77. The number of sulfonamides is 1. The van der Waals surface area contributed by atoms with Crippen LogP contribution in [0.2, 0.25) is 0 Å². The van der Waals surface area contributed by atoms with Crippen molar-refractivity contribution in [1.29, 1.82) is 0 Å². The van der Waals surface area contributed by atoms with E-state index in [4.69, 9.17) is 0 Å². The van der Waals surface area contributed by atoms with Crippen LogP contribution in [0.3, 0.4) is 0 Å². The number of carbonyl (C=O) groups is 1. The Labute approximate surface area is 153 Å². The number of nitrogens with one attached hydrogen (secondary N) is 2. The van der Waals surface area contributed by atoms with Crippen LogP contribution >= 0.6 is 0 Å². The van der Waals surface area contributed by atoms with Gasteiger partial charge in [0.1, 0.15) is 5.82 Å². The van der Waals surface area contributed by atoms with E-state index in [-0.39, 0.29) is 29.2 Å². The summed E-state index contributed by atoms with van der Waals surface area (Å²) in [7, 11) is -3.77. The van der Waals surface area contributed by atoms with Gasteiger partial charge in [0.25, 0.3) is 0 Å². The van der Waals surface area contributed by atoms with Gasteiger partial charge in [-0.1, -0.05) is 45.0 Å². The fourth-order valence-corrected chi connectivity index (χ4v) is 3.23. The second-order valence-electron chi connectivity index (χ2n) is 7.00. The van der Waals surface area contributed by atoms with Gasteiger partial charge in [-0.2, -0.15) is 0 Å². The molecule has 0 aliphatic heterocycles. The molecule has 2 aromatic rings. The summed E-state index contributed by atoms with van der Waals surface area (Å²) in [5, 5.41) is 2.58. The Morgan fingerprint density at radius 3 is 2.12 bits per heavy atom. The van der Waals surface area contributed by atoms with Crippen molar-refractivity contribution in [2.75, 3.05) is 6.54 Å². The summed E-state index contributed by atoms with van der Waals surface area (Å²) in [6.07, 6.45) is 0. The molecule has 7 heteroatoms. The van der Waals surface area contributed by atoms with E-state index in [0.717, 1.165) is 11.1 Å². The van der Waals surface area contributed by atoms with Crippen LogP contribution in [0.5, 0.6) is 0 Å². The van der Waals surface area contributed by atoms with Crippen molar-refractivity contribution in [2.24, 2.45) is 0 Å². The van der Waals surface area contributed by atoms with E-state index in [1.54, 1.807) is 24.3 Å². The number of hydrogen-bond acceptors (Lipinski definition) is 3. The van der Waals surface area contributed by atoms with E-state index < -0.39 is 15.9 Å². The highest BCUT2D eigenvalue weighted by Gasteiger charge is 2.18. The minimum atomic E-state index is -3.77. The second kappa shape index (κ2) is 7.97. The third-order valence-corrected chi connectivity index (χ3v) is 5.27. The molecule has 0 fully saturated rings. The molecule has 0 aliphatic rings. The molecule has 2 rings (SSSR count). The number of benzene rings is 2. The van der Waals surface area contributed by atoms with Crippen LogP contribution in [0.15, 0.2) is 53.4 Å². The van der Waals surface area contributed by atoms with E-state index in [9.17, 15) is 17.6 Å². The van der Waals surface area contributed by atoms with Gasteiger partial charge in [0, 0.05) is 6.54 Å². The van der Waals surface area contributed by atoms with Gasteiger partial charge in [0.15, 0.2) is 0 Å². The lowest BCUT2D eigenvalue weighted by Gasteiger charge is -2.19. The maximum atomic E-state index is 12.8. The fraction of sp³-hybridized carbons (Fsp3) is 0.316. The summed E-state index contributed by atoms with van der Waals surface area (Å²) in [4.78, 5) is 11.9. The summed E-state index contributed by atoms with van der Waals surface area (Å²) in [6.45, 7) is 5.95. The van der Waals surface area contributed by atoms with Gasteiger partial charge in [-0.15, -0.1) is 0 Å². The number of halogens is 1. The summed E-state index contributed by atoms with van der Waals surface area (Å²) in [5.74, 6) is -0.825. The number of hydrogen-bond donors (Lipinski definition) is 2. The molecule has 0 saturated heterocycles. The van der Waals surface area contributed by atoms with Crippen molar-refractivity contribution in [3.8, 4) is 0 Å². The Hall–Kier alpha value is -2.25. The lowest BCUT2D eigenvalue weighted by atomic mass is 9.87. The molecule has 5 nitrogen and oxygen atoms in total. The molecular weight excluding hydrogens is 355 g/mol. The van der Waals surface area contributed by atoms with Crippen molar-refractivity contribution in [1.82, 2.24) is 10.0 Å². The van der Waals surface area contributed by atoms with Gasteiger partial charge < -0.3 is 5.32 Å². The van der Waals surface area contributed by atoms with Crippen LogP contribution in [0, 0.1) is 5.82 Å². The van der Waals surface area contributed by atoms with E-state index >= 15 is 0 Å². The Kier molecular flexibility index (Phi) is 6.15. The average molecular weight is 378 g/mol. The Bertz CT molecular complexity index is 855. The van der Waals surface area contributed by atoms with Crippen molar-refractivity contribution >= 4 is 15.9 Å². The molecule has 2 N–H and O–H groups in total. The first-order chi connectivity index (χ1) is 12.1. The topological polar surface area (TPSA) is 75.3 Å². The van der Waals surface area contributed by atoms with E-state index in [1.807, 2.05) is 20.8 Å². The van der Waals surface area contributed by atoms with Crippen molar-refractivity contribution in [2.45, 2.75) is 37.6 Å². The van der Waals surface area contributed by atoms with Crippen molar-refractivity contribution in [3.63, 3.8) is 0 Å². The third kappa shape index (κ3) is 5.64. The average Bonchev–Trinajstić information content (AvgIpc) is 2.59. The van der Waals surface area contributed by atoms with Crippen molar-refractivity contribution in [3.05, 3.63) is 65.5 Å². The maximum absolute atomic E-state index is 12.8. The first-order valence-electron chi connectivity index (χ1n) is 8.19. The normalized spacial score (nSPS) is 12.0. The quantitative estimate of drug-likeness (QED) is 0.812. The van der Waals surface area contributed by atoms with E-state index in [1.165, 1.54) is 24.3 Å². The molecule has 0 aromatic heterocycles. The first-order valence-corrected chi connectivity index (χ1v) is 9.67. The van der Waals surface area contributed by atoms with Gasteiger partial charge in [-0.05, 0) is 40.8 Å². The SMILES string of the molecule is CC(C)(C)c1ccc(S(=O)(=O)NCC(=O)NCc2ccc(F)cc2)cc1. The lowest BCUT2D eigenvalue weighted by Crippen LogP contribution is -2.36. The number of amides is 1. The van der Waals surface area contributed by atoms with Gasteiger partial charge in [-0.3, -0.25) is 4.79 Å². The molecule has 0 saturated carbocycles. The van der Waals surface area contributed by atoms with E-state index in [2.05, 4.69) is 10.0 Å². The maximum Gasteiger partial charge on any atom is 0.241 e. The zero-order chi connectivity index (χ0) is 19.4. The molecule has 26 heavy (non-hydrogen) atoms. The predicted molar refractivity (Wildman–Crippen MR) is 98.6 cm³/mol. The van der Waals surface area contributed by atoms with Gasteiger partial charge in [-0.25, -0.2) is 17.5 Å². The third-order valence-electron chi connectivity index (χ3n) is 3.86. The summed E-state index contributed by atoms with van der Waals surface area (Å²) >= 11 is 0. The number of carbonyl (C=O) groups excluding carboxylic acids is 1. The Balaban J connectivity index is 1.90. The smallest absolute Gasteiger partial charge is 0.241 e. The number of rotatable bonds is 6. The summed E-state index contributed by atoms with van der Waals surface area (Å²) in [5.41, 5.74) is 1.67. The zero-order valence-electron chi connectivity index (χ0n) is 15.0. The molecule has 0 spiro atoms. The van der Waals surface area contributed by atoms with Crippen LogP contribution in [0.4, 0.5) is 4.39 Å². The highest BCUT2D eigenvalue weighted by molar-refractivity contribution is 7.89. The minimum Gasteiger partial charge on any atom is -0.351 e. The monoisotopic (exact) mass is 378 g/mol. The zero-order valence-corrected chi connectivity index (χ0v) is 15.9. The van der Waals surface area contributed by atoms with Crippen LogP contribution < -0.4 is 10.0 Å². The molecular formula is C19H23FN2O3S. The molecule has 2 aromatic carbocycles. The standard InChI is InChI=1S/C19H23FN2O3S/c1-19(2,3)15-6-10-17(11-7-15)26(24,25)22-13-18(23)21-12-14-4-8-16(20)9-5-14/h4-11,22H,12-13H2,1-3H3,(H,21,23). The highest BCUT2D eigenvalue weighted by Crippen LogP contribution is 2.23. The Morgan fingerprint density at radius 1 is 1.00 bits per heavy atom. The van der Waals surface area contributed by atoms with Crippen LogP contribution in [0.1, 0.15) is 31.9 Å². The van der Waals surface area contributed by atoms with Crippen LogP contribution in [-0.2, 0) is 26.8 Å². The molecule has 0 bridgehead atoms. The van der Waals surface area contributed by atoms with E-state index in [0.29, 0.717) is 0 Å². The largest absolute Gasteiger partial charge is 0.351 e. The molecule has 0 unspecified atom stereocenters. The summed E-state index contributed by atoms with van der Waals surface area (Å²) in [6, 6.07) is 12.3. The highest BCUT2D eigenvalue weighted by atomic mass is 32.2. The molecule has 0 radical (unpaired) electrons. The molecule has 1 amide bonds. The fourth-order valence-electron chi connectivity index (χ4n) is 2.24. The van der Waals surface area contributed by atoms with Gasteiger partial charge in [0.05, 0.1) is 11.4 Å². The minimum absolute atomic E-state index is 0.0735. The van der Waals surface area contributed by atoms with Crippen LogP contribution in [0.25, 0.3) is 0 Å². The van der Waals surface area contributed by atoms with Gasteiger partial charge in [0.2, 0.25) is 15.9 Å². The Morgan fingerprint density at radius 2 is 1.58 bits per heavy atom. The molecule has 0 heterocycles. The van der Waals surface area contributed by atoms with Gasteiger partial charge >= 0.3 is 0 Å². The van der Waals surface area contributed by atoms with Crippen molar-refractivity contribution < 1.29 is 17.6 Å². The molecule has 0 atom stereocenters. The molecule has 0 aliphatic carbocycles. The summed E-state index contributed by atoms with van der Waals surface area (Å²) < 4.78 is 39.7. The first kappa shape index (κ1) is 20.1.